The van der Waals surface area contributed by atoms with Crippen molar-refractivity contribution in [3.05, 3.63) is 28.7 Å². The zero-order valence-corrected chi connectivity index (χ0v) is 11.2. The Balaban J connectivity index is 2.19. The molecular formula is C12H17BrN2O2. The summed E-state index contributed by atoms with van der Waals surface area (Å²) in [6, 6.07) is 7.56. The highest BCUT2D eigenvalue weighted by Gasteiger charge is 2.02. The van der Waals surface area contributed by atoms with Crippen LogP contribution in [0.15, 0.2) is 28.7 Å². The van der Waals surface area contributed by atoms with Gasteiger partial charge in [0, 0.05) is 6.54 Å². The summed E-state index contributed by atoms with van der Waals surface area (Å²) >= 11 is 3.38. The van der Waals surface area contributed by atoms with Crippen LogP contribution >= 0.6 is 15.9 Å². The van der Waals surface area contributed by atoms with Crippen LogP contribution in [-0.4, -0.2) is 25.6 Å². The van der Waals surface area contributed by atoms with Gasteiger partial charge in [-0.3, -0.25) is 4.79 Å². The molecule has 0 aliphatic carbocycles. The second kappa shape index (κ2) is 8.08. The molecule has 0 saturated heterocycles. The van der Waals surface area contributed by atoms with Crippen LogP contribution < -0.4 is 15.8 Å². The summed E-state index contributed by atoms with van der Waals surface area (Å²) in [5, 5.41) is 2.77. The average molecular weight is 301 g/mol. The monoisotopic (exact) mass is 300 g/mol. The lowest BCUT2D eigenvalue weighted by atomic mass is 10.3. The molecule has 1 rings (SSSR count). The van der Waals surface area contributed by atoms with E-state index in [2.05, 4.69) is 21.2 Å². The van der Waals surface area contributed by atoms with Gasteiger partial charge in [0.05, 0.1) is 17.5 Å². The molecule has 1 amide bonds. The Bertz CT molecular complexity index is 358. The largest absolute Gasteiger partial charge is 0.492 e. The Kier molecular flexibility index (Phi) is 6.65. The van der Waals surface area contributed by atoms with Crippen molar-refractivity contribution in [2.24, 2.45) is 5.73 Å². The first-order chi connectivity index (χ1) is 8.24. The minimum Gasteiger partial charge on any atom is -0.492 e. The van der Waals surface area contributed by atoms with Crippen molar-refractivity contribution in [2.75, 3.05) is 19.7 Å². The lowest BCUT2D eigenvalue weighted by molar-refractivity contribution is -0.121. The molecule has 0 aromatic heterocycles. The number of rotatable bonds is 7. The van der Waals surface area contributed by atoms with Crippen molar-refractivity contribution in [3.8, 4) is 5.75 Å². The number of halogens is 1. The molecule has 5 heteroatoms. The smallest absolute Gasteiger partial charge is 0.223 e. The molecular weight excluding hydrogens is 284 g/mol. The summed E-state index contributed by atoms with van der Waals surface area (Å²) in [7, 11) is 0. The molecule has 17 heavy (non-hydrogen) atoms. The van der Waals surface area contributed by atoms with Crippen molar-refractivity contribution >= 4 is 21.8 Å². The highest BCUT2D eigenvalue weighted by atomic mass is 79.9. The zero-order chi connectivity index (χ0) is 12.5. The molecule has 0 atom stereocenters. The van der Waals surface area contributed by atoms with Crippen LogP contribution in [0.2, 0.25) is 0 Å². The molecule has 0 aliphatic rings. The predicted octanol–water partition coefficient (Wildman–Crippen LogP) is 1.68. The Morgan fingerprint density at radius 1 is 1.41 bits per heavy atom. The van der Waals surface area contributed by atoms with E-state index in [1.54, 1.807) is 0 Å². The maximum Gasteiger partial charge on any atom is 0.223 e. The van der Waals surface area contributed by atoms with Gasteiger partial charge in [-0.05, 0) is 41.0 Å². The number of ether oxygens (including phenoxy) is 1. The van der Waals surface area contributed by atoms with Crippen molar-refractivity contribution in [3.63, 3.8) is 0 Å². The van der Waals surface area contributed by atoms with E-state index < -0.39 is 0 Å². The van der Waals surface area contributed by atoms with E-state index in [1.165, 1.54) is 0 Å². The second-order valence-electron chi connectivity index (χ2n) is 3.52. The number of hydrogen-bond donors (Lipinski definition) is 2. The maximum atomic E-state index is 11.3. The number of carbonyl (C=O) groups is 1. The van der Waals surface area contributed by atoms with Gasteiger partial charge >= 0.3 is 0 Å². The first-order valence-corrected chi connectivity index (χ1v) is 6.37. The molecule has 1 aromatic carbocycles. The number of amides is 1. The van der Waals surface area contributed by atoms with Gasteiger partial charge in [0.25, 0.3) is 0 Å². The van der Waals surface area contributed by atoms with E-state index >= 15 is 0 Å². The number of hydrogen-bond acceptors (Lipinski definition) is 3. The van der Waals surface area contributed by atoms with Crippen LogP contribution in [0.1, 0.15) is 12.8 Å². The third kappa shape index (κ3) is 5.70. The van der Waals surface area contributed by atoms with Gasteiger partial charge in [-0.15, -0.1) is 0 Å². The normalized spacial score (nSPS) is 10.0. The molecule has 4 nitrogen and oxygen atoms in total. The van der Waals surface area contributed by atoms with Crippen molar-refractivity contribution in [2.45, 2.75) is 12.8 Å². The molecule has 0 spiro atoms. The van der Waals surface area contributed by atoms with Crippen molar-refractivity contribution < 1.29 is 9.53 Å². The first-order valence-electron chi connectivity index (χ1n) is 5.58. The van der Waals surface area contributed by atoms with E-state index in [9.17, 15) is 4.79 Å². The number of benzene rings is 1. The third-order valence-corrected chi connectivity index (χ3v) is 2.78. The molecule has 0 unspecified atom stereocenters. The van der Waals surface area contributed by atoms with Gasteiger partial charge < -0.3 is 15.8 Å². The fourth-order valence-electron chi connectivity index (χ4n) is 1.23. The summed E-state index contributed by atoms with van der Waals surface area (Å²) in [4.78, 5) is 11.3. The van der Waals surface area contributed by atoms with Gasteiger partial charge in [-0.25, -0.2) is 0 Å². The second-order valence-corrected chi connectivity index (χ2v) is 4.38. The van der Waals surface area contributed by atoms with Gasteiger partial charge in [-0.1, -0.05) is 12.1 Å². The Hall–Kier alpha value is -1.07. The molecule has 0 fully saturated rings. The van der Waals surface area contributed by atoms with Gasteiger partial charge in [0.15, 0.2) is 0 Å². The summed E-state index contributed by atoms with van der Waals surface area (Å²) in [5.74, 6) is 0.743. The fourth-order valence-corrected chi connectivity index (χ4v) is 1.63. The third-order valence-electron chi connectivity index (χ3n) is 2.13. The molecule has 0 saturated carbocycles. The van der Waals surface area contributed by atoms with Crippen LogP contribution in [-0.2, 0) is 4.79 Å². The quantitative estimate of drug-likeness (QED) is 0.753. The summed E-state index contributed by atoms with van der Waals surface area (Å²) in [5.41, 5.74) is 5.33. The first kappa shape index (κ1) is 14.0. The fraction of sp³-hybridized carbons (Fsp3) is 0.417. The predicted molar refractivity (Wildman–Crippen MR) is 70.9 cm³/mol. The number of nitrogens with one attached hydrogen (secondary N) is 1. The van der Waals surface area contributed by atoms with Crippen molar-refractivity contribution in [1.82, 2.24) is 5.32 Å². The lowest BCUT2D eigenvalue weighted by Gasteiger charge is -2.08. The SMILES string of the molecule is NCCCNC(=O)CCOc1ccccc1Br. The summed E-state index contributed by atoms with van der Waals surface area (Å²) in [6.07, 6.45) is 1.16. The molecule has 0 aliphatic heterocycles. The van der Waals surface area contributed by atoms with E-state index in [-0.39, 0.29) is 5.91 Å². The minimum atomic E-state index is -0.00879. The zero-order valence-electron chi connectivity index (χ0n) is 9.62. The Morgan fingerprint density at radius 3 is 2.88 bits per heavy atom. The molecule has 0 bridgehead atoms. The number of carbonyl (C=O) groups excluding carboxylic acids is 1. The van der Waals surface area contributed by atoms with Crippen LogP contribution in [0.5, 0.6) is 5.75 Å². The Labute approximate surface area is 110 Å². The maximum absolute atomic E-state index is 11.3. The molecule has 94 valence electrons. The Morgan fingerprint density at radius 2 is 2.18 bits per heavy atom. The number of nitrogens with two attached hydrogens (primary N) is 1. The van der Waals surface area contributed by atoms with E-state index in [0.717, 1.165) is 16.6 Å². The van der Waals surface area contributed by atoms with E-state index in [0.29, 0.717) is 26.1 Å². The highest BCUT2D eigenvalue weighted by Crippen LogP contribution is 2.23. The topological polar surface area (TPSA) is 64.3 Å². The van der Waals surface area contributed by atoms with Crippen LogP contribution in [0, 0.1) is 0 Å². The van der Waals surface area contributed by atoms with Crippen LogP contribution in [0.3, 0.4) is 0 Å². The number of para-hydroxylation sites is 1. The molecule has 0 radical (unpaired) electrons. The van der Waals surface area contributed by atoms with Crippen LogP contribution in [0.25, 0.3) is 0 Å². The average Bonchev–Trinajstić information content (AvgIpc) is 2.32. The minimum absolute atomic E-state index is 0.00879. The van der Waals surface area contributed by atoms with E-state index in [4.69, 9.17) is 10.5 Å². The summed E-state index contributed by atoms with van der Waals surface area (Å²) < 4.78 is 6.37. The van der Waals surface area contributed by atoms with Gasteiger partial charge in [-0.2, -0.15) is 0 Å². The van der Waals surface area contributed by atoms with Gasteiger partial charge in [0.1, 0.15) is 5.75 Å². The van der Waals surface area contributed by atoms with E-state index in [1.807, 2.05) is 24.3 Å². The van der Waals surface area contributed by atoms with Crippen molar-refractivity contribution in [1.29, 1.82) is 0 Å². The van der Waals surface area contributed by atoms with Gasteiger partial charge in [0.2, 0.25) is 5.91 Å². The molecule has 3 N–H and O–H groups in total. The molecule has 1 aromatic rings. The highest BCUT2D eigenvalue weighted by molar-refractivity contribution is 9.10. The summed E-state index contributed by atoms with van der Waals surface area (Å²) in [6.45, 7) is 1.59. The molecule has 0 heterocycles. The standard InChI is InChI=1S/C12H17BrN2O2/c13-10-4-1-2-5-11(10)17-9-6-12(16)15-8-3-7-14/h1-2,4-5H,3,6-9,14H2,(H,15,16). The lowest BCUT2D eigenvalue weighted by Crippen LogP contribution is -2.27. The van der Waals surface area contributed by atoms with Crippen LogP contribution in [0.4, 0.5) is 0 Å².